The van der Waals surface area contributed by atoms with E-state index in [1.54, 1.807) is 14.2 Å². The summed E-state index contributed by atoms with van der Waals surface area (Å²) >= 11 is 0. The van der Waals surface area contributed by atoms with E-state index in [1.165, 1.54) is 0 Å². The molecule has 1 saturated carbocycles. The van der Waals surface area contributed by atoms with E-state index >= 15 is 0 Å². The quantitative estimate of drug-likeness (QED) is 0.786. The van der Waals surface area contributed by atoms with Crippen molar-refractivity contribution < 1.29 is 14.3 Å². The molecule has 0 heterocycles. The Labute approximate surface area is 124 Å². The second kappa shape index (κ2) is 5.24. The normalized spacial score (nSPS) is 15.3. The van der Waals surface area contributed by atoms with Crippen LogP contribution >= 0.6 is 0 Å². The number of ether oxygens (including phenoxy) is 2. The predicted molar refractivity (Wildman–Crippen MR) is 81.2 cm³/mol. The summed E-state index contributed by atoms with van der Waals surface area (Å²) < 4.78 is 10.3. The van der Waals surface area contributed by atoms with E-state index in [-0.39, 0.29) is 11.2 Å². The molecule has 108 valence electrons. The molecule has 0 aromatic heterocycles. The first kappa shape index (κ1) is 13.7. The fourth-order valence-electron chi connectivity index (χ4n) is 2.70. The zero-order valence-electron chi connectivity index (χ0n) is 12.3. The average Bonchev–Trinajstić information content (AvgIpc) is 3.36. The number of hydrogen-bond donors (Lipinski definition) is 0. The van der Waals surface area contributed by atoms with Crippen LogP contribution in [0.3, 0.4) is 0 Å². The maximum absolute atomic E-state index is 12.8. The molecule has 21 heavy (non-hydrogen) atoms. The zero-order valence-corrected chi connectivity index (χ0v) is 12.3. The minimum Gasteiger partial charge on any atom is -0.497 e. The average molecular weight is 282 g/mol. The van der Waals surface area contributed by atoms with Gasteiger partial charge >= 0.3 is 0 Å². The SMILES string of the molecule is COc1ccc(C(=O)C2(c3ccc(OC)cc3)CC2)cc1. The van der Waals surface area contributed by atoms with Gasteiger partial charge in [0.15, 0.2) is 5.78 Å². The van der Waals surface area contributed by atoms with E-state index in [4.69, 9.17) is 9.47 Å². The summed E-state index contributed by atoms with van der Waals surface area (Å²) in [4.78, 5) is 12.8. The fourth-order valence-corrected chi connectivity index (χ4v) is 2.70. The van der Waals surface area contributed by atoms with Crippen LogP contribution in [0.15, 0.2) is 48.5 Å². The summed E-state index contributed by atoms with van der Waals surface area (Å²) in [7, 11) is 3.26. The van der Waals surface area contributed by atoms with Gasteiger partial charge in [-0.15, -0.1) is 0 Å². The number of rotatable bonds is 5. The van der Waals surface area contributed by atoms with Crippen molar-refractivity contribution in [2.24, 2.45) is 0 Å². The molecule has 1 fully saturated rings. The van der Waals surface area contributed by atoms with E-state index in [0.717, 1.165) is 35.5 Å². The van der Waals surface area contributed by atoms with Crippen molar-refractivity contribution in [2.45, 2.75) is 18.3 Å². The number of ketones is 1. The van der Waals surface area contributed by atoms with E-state index < -0.39 is 0 Å². The first-order valence-corrected chi connectivity index (χ1v) is 7.03. The largest absolute Gasteiger partial charge is 0.497 e. The number of methoxy groups -OCH3 is 2. The minimum absolute atomic E-state index is 0.190. The van der Waals surface area contributed by atoms with Crippen LogP contribution in [0, 0.1) is 0 Å². The molecule has 2 aromatic rings. The third-order valence-electron chi connectivity index (χ3n) is 4.18. The molecule has 3 rings (SSSR count). The highest BCUT2D eigenvalue weighted by atomic mass is 16.5. The maximum atomic E-state index is 12.8. The zero-order chi connectivity index (χ0) is 14.9. The van der Waals surface area contributed by atoms with Crippen molar-refractivity contribution in [1.82, 2.24) is 0 Å². The first-order chi connectivity index (χ1) is 10.2. The number of benzene rings is 2. The molecule has 0 unspecified atom stereocenters. The van der Waals surface area contributed by atoms with Gasteiger partial charge in [0.2, 0.25) is 0 Å². The van der Waals surface area contributed by atoms with Crippen LogP contribution in [0.1, 0.15) is 28.8 Å². The van der Waals surface area contributed by atoms with E-state index in [0.29, 0.717) is 0 Å². The van der Waals surface area contributed by atoms with Crippen molar-refractivity contribution in [3.05, 3.63) is 59.7 Å². The van der Waals surface area contributed by atoms with Crippen LogP contribution in [0.2, 0.25) is 0 Å². The van der Waals surface area contributed by atoms with Gasteiger partial charge in [-0.1, -0.05) is 12.1 Å². The highest BCUT2D eigenvalue weighted by molar-refractivity contribution is 6.06. The second-order valence-electron chi connectivity index (χ2n) is 5.37. The molecule has 0 bridgehead atoms. The molecule has 1 aliphatic rings. The van der Waals surface area contributed by atoms with Crippen molar-refractivity contribution in [3.63, 3.8) is 0 Å². The van der Waals surface area contributed by atoms with Gasteiger partial charge < -0.3 is 9.47 Å². The molecule has 0 aliphatic heterocycles. The number of Topliss-reactive ketones (excluding diaryl/α,β-unsaturated/α-hetero) is 1. The van der Waals surface area contributed by atoms with Crippen LogP contribution < -0.4 is 9.47 Å². The lowest BCUT2D eigenvalue weighted by Gasteiger charge is -2.15. The van der Waals surface area contributed by atoms with Crippen molar-refractivity contribution in [1.29, 1.82) is 0 Å². The molecule has 1 aliphatic carbocycles. The van der Waals surface area contributed by atoms with Crippen molar-refractivity contribution in [2.75, 3.05) is 14.2 Å². The summed E-state index contributed by atoms with van der Waals surface area (Å²) in [6, 6.07) is 15.2. The molecule has 0 amide bonds. The monoisotopic (exact) mass is 282 g/mol. The van der Waals surface area contributed by atoms with Crippen LogP contribution in [0.5, 0.6) is 11.5 Å². The van der Waals surface area contributed by atoms with E-state index in [2.05, 4.69) is 0 Å². The Morgan fingerprint density at radius 3 is 1.76 bits per heavy atom. The Kier molecular flexibility index (Phi) is 3.42. The summed E-state index contributed by atoms with van der Waals surface area (Å²) in [5.74, 6) is 1.77. The smallest absolute Gasteiger partial charge is 0.173 e. The van der Waals surface area contributed by atoms with Gasteiger partial charge in [-0.2, -0.15) is 0 Å². The third kappa shape index (κ3) is 2.40. The molecule has 0 spiro atoms. The summed E-state index contributed by atoms with van der Waals surface area (Å²) in [6.07, 6.45) is 1.81. The lowest BCUT2D eigenvalue weighted by atomic mass is 9.87. The summed E-state index contributed by atoms with van der Waals surface area (Å²) in [5, 5.41) is 0. The minimum atomic E-state index is -0.346. The van der Waals surface area contributed by atoms with Crippen molar-refractivity contribution >= 4 is 5.78 Å². The van der Waals surface area contributed by atoms with Gasteiger partial charge in [-0.25, -0.2) is 0 Å². The molecule has 3 nitrogen and oxygen atoms in total. The number of carbonyl (C=O) groups excluding carboxylic acids is 1. The number of hydrogen-bond acceptors (Lipinski definition) is 3. The van der Waals surface area contributed by atoms with Gasteiger partial charge in [0.05, 0.1) is 19.6 Å². The molecule has 0 saturated heterocycles. The molecule has 0 N–H and O–H groups in total. The first-order valence-electron chi connectivity index (χ1n) is 7.03. The lowest BCUT2D eigenvalue weighted by Crippen LogP contribution is -2.20. The number of carbonyl (C=O) groups is 1. The van der Waals surface area contributed by atoms with Gasteiger partial charge in [0.1, 0.15) is 11.5 Å². The Hall–Kier alpha value is -2.29. The standard InChI is InChI=1S/C18H18O3/c1-20-15-7-3-13(4-8-15)17(19)18(11-12-18)14-5-9-16(21-2)10-6-14/h3-10H,11-12H2,1-2H3. The Morgan fingerprint density at radius 2 is 1.33 bits per heavy atom. The maximum Gasteiger partial charge on any atom is 0.173 e. The van der Waals surface area contributed by atoms with Crippen LogP contribution in [0.4, 0.5) is 0 Å². The molecular formula is C18H18O3. The Balaban J connectivity index is 1.88. The van der Waals surface area contributed by atoms with Crippen LogP contribution in [0.25, 0.3) is 0 Å². The fraction of sp³-hybridized carbons (Fsp3) is 0.278. The van der Waals surface area contributed by atoms with Gasteiger partial charge in [0, 0.05) is 5.56 Å². The third-order valence-corrected chi connectivity index (χ3v) is 4.18. The van der Waals surface area contributed by atoms with Crippen LogP contribution in [-0.2, 0) is 5.41 Å². The lowest BCUT2D eigenvalue weighted by molar-refractivity contribution is 0.0946. The topological polar surface area (TPSA) is 35.5 Å². The summed E-state index contributed by atoms with van der Waals surface area (Å²) in [6.45, 7) is 0. The van der Waals surface area contributed by atoms with Gasteiger partial charge in [-0.05, 0) is 54.8 Å². The van der Waals surface area contributed by atoms with E-state index in [1.807, 2.05) is 48.5 Å². The Bertz CT molecular complexity index is 637. The van der Waals surface area contributed by atoms with Crippen molar-refractivity contribution in [3.8, 4) is 11.5 Å². The van der Waals surface area contributed by atoms with E-state index in [9.17, 15) is 4.79 Å². The summed E-state index contributed by atoms with van der Waals surface area (Å²) in [5.41, 5.74) is 1.47. The van der Waals surface area contributed by atoms with Gasteiger partial charge in [-0.3, -0.25) is 4.79 Å². The molecule has 2 aromatic carbocycles. The Morgan fingerprint density at radius 1 is 0.857 bits per heavy atom. The molecular weight excluding hydrogens is 264 g/mol. The molecule has 3 heteroatoms. The molecule has 0 radical (unpaired) electrons. The highest BCUT2D eigenvalue weighted by Gasteiger charge is 2.51. The highest BCUT2D eigenvalue weighted by Crippen LogP contribution is 2.50. The van der Waals surface area contributed by atoms with Crippen LogP contribution in [-0.4, -0.2) is 20.0 Å². The predicted octanol–water partition coefficient (Wildman–Crippen LogP) is 3.62. The molecule has 0 atom stereocenters. The van der Waals surface area contributed by atoms with Gasteiger partial charge in [0.25, 0.3) is 0 Å². The second-order valence-corrected chi connectivity index (χ2v) is 5.37.